The zero-order valence-corrected chi connectivity index (χ0v) is 17.0. The molecule has 0 aliphatic rings. The quantitative estimate of drug-likeness (QED) is 0.221. The van der Waals surface area contributed by atoms with Gasteiger partial charge in [-0.3, -0.25) is 18.7 Å². The predicted molar refractivity (Wildman–Crippen MR) is 108 cm³/mol. The lowest BCUT2D eigenvalue weighted by molar-refractivity contribution is -0.120. The summed E-state index contributed by atoms with van der Waals surface area (Å²) in [5.74, 6) is -0.743. The second kappa shape index (κ2) is 8.35. The van der Waals surface area contributed by atoms with Gasteiger partial charge in [-0.15, -0.1) is 0 Å². The van der Waals surface area contributed by atoms with E-state index < -0.39 is 47.9 Å². The van der Waals surface area contributed by atoms with Crippen LogP contribution in [0.4, 0.5) is 0 Å². The number of aromatic nitrogens is 2. The fourth-order valence-electron chi connectivity index (χ4n) is 2.56. The zero-order valence-electron chi connectivity index (χ0n) is 15.4. The van der Waals surface area contributed by atoms with Gasteiger partial charge in [-0.25, -0.2) is 10.4 Å². The Kier molecular flexibility index (Phi) is 5.99. The molecule has 3 rings (SSSR count). The number of nitrogens with zero attached hydrogens (tertiary/aromatic N) is 2. The maximum Gasteiger partial charge on any atom is 0.295 e. The Morgan fingerprint density at radius 2 is 1.81 bits per heavy atom. The van der Waals surface area contributed by atoms with Gasteiger partial charge in [-0.2, -0.15) is 21.9 Å². The average Bonchev–Trinajstić information content (AvgIpc) is 2.67. The molecule has 0 saturated heterocycles. The van der Waals surface area contributed by atoms with Crippen LogP contribution in [0.1, 0.15) is 11.3 Å². The minimum absolute atomic E-state index is 0.0671. The molecule has 0 atom stereocenters. The van der Waals surface area contributed by atoms with E-state index in [9.17, 15) is 31.0 Å². The number of fused-ring (bicyclic) bond motifs is 1. The van der Waals surface area contributed by atoms with Crippen LogP contribution in [0.25, 0.3) is 11.0 Å². The van der Waals surface area contributed by atoms with Crippen LogP contribution < -0.4 is 11.0 Å². The lowest BCUT2D eigenvalue weighted by Crippen LogP contribution is -2.25. The van der Waals surface area contributed by atoms with Gasteiger partial charge in [0.15, 0.2) is 0 Å². The van der Waals surface area contributed by atoms with Gasteiger partial charge in [-0.1, -0.05) is 18.2 Å². The van der Waals surface area contributed by atoms with Crippen LogP contribution in [0.15, 0.2) is 62.2 Å². The Hall–Kier alpha value is -3.46. The van der Waals surface area contributed by atoms with Crippen molar-refractivity contribution in [3.8, 4) is 0 Å². The normalized spacial score (nSPS) is 12.3. The molecule has 0 spiro atoms. The van der Waals surface area contributed by atoms with Crippen molar-refractivity contribution in [2.24, 2.45) is 5.10 Å². The molecule has 0 bridgehead atoms. The maximum atomic E-state index is 12.1. The lowest BCUT2D eigenvalue weighted by Gasteiger charge is -2.05. The topological polar surface area (TPSA) is 196 Å². The smallest absolute Gasteiger partial charge is 0.295 e. The van der Waals surface area contributed by atoms with Crippen molar-refractivity contribution >= 4 is 43.4 Å². The number of hydrogen-bond acceptors (Lipinski definition) is 8. The number of rotatable bonds is 6. The summed E-state index contributed by atoms with van der Waals surface area (Å²) >= 11 is 0. The third-order valence-electron chi connectivity index (χ3n) is 3.95. The summed E-state index contributed by atoms with van der Waals surface area (Å²) in [5.41, 5.74) is 2.15. The molecule has 1 aromatic heterocycles. The largest absolute Gasteiger partial charge is 0.319 e. The fourth-order valence-corrected chi connectivity index (χ4v) is 3.83. The van der Waals surface area contributed by atoms with Crippen molar-refractivity contribution in [3.05, 3.63) is 64.1 Å². The van der Waals surface area contributed by atoms with Crippen molar-refractivity contribution in [1.82, 2.24) is 15.4 Å². The van der Waals surface area contributed by atoms with E-state index in [0.29, 0.717) is 17.1 Å². The van der Waals surface area contributed by atoms with Gasteiger partial charge in [0.25, 0.3) is 25.8 Å². The number of carbonyl (C=O) groups excluding carboxylic acids is 1. The van der Waals surface area contributed by atoms with Crippen molar-refractivity contribution < 1.29 is 30.7 Å². The Morgan fingerprint density at radius 3 is 2.48 bits per heavy atom. The van der Waals surface area contributed by atoms with Crippen molar-refractivity contribution in [2.75, 3.05) is 0 Å². The Morgan fingerprint density at radius 1 is 1.10 bits per heavy atom. The summed E-state index contributed by atoms with van der Waals surface area (Å²) in [6.45, 7) is 0. The summed E-state index contributed by atoms with van der Waals surface area (Å²) in [6.07, 6.45) is 0.414. The molecule has 12 nitrogen and oxygen atoms in total. The number of aromatic amines is 1. The number of hydrazone groups is 1. The third kappa shape index (κ3) is 5.37. The minimum Gasteiger partial charge on any atom is -0.319 e. The number of para-hydroxylation sites is 2. The number of nitrogens with one attached hydrogen (secondary N) is 2. The average molecular weight is 466 g/mol. The van der Waals surface area contributed by atoms with Crippen LogP contribution in [0, 0.1) is 0 Å². The fraction of sp³-hybridized carbons (Fsp3) is 0.0588. The van der Waals surface area contributed by atoms with Gasteiger partial charge in [-0.05, 0) is 24.3 Å². The second-order valence-corrected chi connectivity index (χ2v) is 8.96. The van der Waals surface area contributed by atoms with Crippen molar-refractivity contribution in [2.45, 2.75) is 16.2 Å². The maximum absolute atomic E-state index is 12.1. The Labute approximate surface area is 175 Å². The molecular formula is C17H14N4O8S2. The standard InChI is InChI=1S/C17H14N4O8S2/c22-16(8-14-17(23)20-13-4-2-1-3-12(13)19-14)21-18-9-10-5-6-11(30(24,25)26)7-15(10)31(27,28)29/h1-7,9H,8H2,(H,20,23)(H,21,22)(H,24,25,26)(H,27,28,29)/b18-9+. The molecule has 0 aliphatic heterocycles. The highest BCUT2D eigenvalue weighted by atomic mass is 32.2. The number of amides is 1. The summed E-state index contributed by atoms with van der Waals surface area (Å²) in [5, 5.41) is 3.54. The Bertz CT molecular complexity index is 1480. The van der Waals surface area contributed by atoms with Gasteiger partial charge in [0.05, 0.1) is 28.6 Å². The van der Waals surface area contributed by atoms with Gasteiger partial charge in [0.2, 0.25) is 5.91 Å². The predicted octanol–water partition coefficient (Wildman–Crippen LogP) is 0.109. The van der Waals surface area contributed by atoms with E-state index in [-0.39, 0.29) is 11.3 Å². The molecule has 0 radical (unpaired) electrons. The molecule has 2 aromatic carbocycles. The van der Waals surface area contributed by atoms with Gasteiger partial charge in [0, 0.05) is 5.56 Å². The highest BCUT2D eigenvalue weighted by Crippen LogP contribution is 2.19. The molecule has 1 heterocycles. The van der Waals surface area contributed by atoms with E-state index in [1.54, 1.807) is 24.3 Å². The number of benzene rings is 2. The van der Waals surface area contributed by atoms with Crippen molar-refractivity contribution in [3.63, 3.8) is 0 Å². The highest BCUT2D eigenvalue weighted by molar-refractivity contribution is 7.86. The van der Waals surface area contributed by atoms with E-state index in [1.165, 1.54) is 0 Å². The number of carbonyl (C=O) groups is 1. The molecule has 4 N–H and O–H groups in total. The molecule has 162 valence electrons. The monoisotopic (exact) mass is 466 g/mol. The first kappa shape index (κ1) is 22.2. The van der Waals surface area contributed by atoms with Crippen LogP contribution in [-0.4, -0.2) is 48.0 Å². The van der Waals surface area contributed by atoms with Gasteiger partial charge < -0.3 is 4.98 Å². The van der Waals surface area contributed by atoms with E-state index >= 15 is 0 Å². The van der Waals surface area contributed by atoms with Crippen LogP contribution >= 0.6 is 0 Å². The second-order valence-electron chi connectivity index (χ2n) is 6.15. The molecule has 31 heavy (non-hydrogen) atoms. The first-order valence-corrected chi connectivity index (χ1v) is 11.2. The first-order valence-electron chi connectivity index (χ1n) is 8.34. The molecule has 1 amide bonds. The van der Waals surface area contributed by atoms with Crippen LogP contribution in [0.3, 0.4) is 0 Å². The molecule has 0 saturated carbocycles. The van der Waals surface area contributed by atoms with E-state index in [1.807, 2.05) is 0 Å². The minimum atomic E-state index is -4.88. The lowest BCUT2D eigenvalue weighted by atomic mass is 10.2. The van der Waals surface area contributed by atoms with E-state index in [0.717, 1.165) is 18.3 Å². The highest BCUT2D eigenvalue weighted by Gasteiger charge is 2.19. The zero-order chi connectivity index (χ0) is 22.8. The first-order chi connectivity index (χ1) is 14.4. The number of hydrogen-bond donors (Lipinski definition) is 4. The summed E-state index contributed by atoms with van der Waals surface area (Å²) in [6, 6.07) is 9.10. The van der Waals surface area contributed by atoms with Gasteiger partial charge >= 0.3 is 0 Å². The summed E-state index contributed by atoms with van der Waals surface area (Å²) < 4.78 is 63.6. The van der Waals surface area contributed by atoms with Crippen molar-refractivity contribution in [1.29, 1.82) is 0 Å². The summed E-state index contributed by atoms with van der Waals surface area (Å²) in [7, 11) is -9.60. The van der Waals surface area contributed by atoms with Crippen LogP contribution in [0.5, 0.6) is 0 Å². The summed E-state index contributed by atoms with van der Waals surface area (Å²) in [4.78, 5) is 29.2. The van der Waals surface area contributed by atoms with Crippen LogP contribution in [-0.2, 0) is 31.5 Å². The van der Waals surface area contributed by atoms with E-state index in [4.69, 9.17) is 4.55 Å². The van der Waals surface area contributed by atoms with Gasteiger partial charge in [0.1, 0.15) is 10.6 Å². The molecule has 3 aromatic rings. The van der Waals surface area contributed by atoms with Crippen LogP contribution in [0.2, 0.25) is 0 Å². The third-order valence-corrected chi connectivity index (χ3v) is 5.71. The van der Waals surface area contributed by atoms with E-state index in [2.05, 4.69) is 20.5 Å². The molecule has 0 aliphatic carbocycles. The molecule has 0 fully saturated rings. The molecule has 0 unspecified atom stereocenters. The Balaban J connectivity index is 1.80. The SMILES string of the molecule is O=C(Cc1nc2ccccc2[nH]c1=O)N/N=C/c1ccc(S(=O)(=O)O)cc1S(=O)(=O)O. The molecular weight excluding hydrogens is 452 g/mol. The molecule has 14 heteroatoms. The number of H-pyrrole nitrogens is 1.